The Morgan fingerprint density at radius 1 is 1.43 bits per heavy atom. The molecule has 14 heavy (non-hydrogen) atoms. The van der Waals surface area contributed by atoms with Gasteiger partial charge in [0.1, 0.15) is 0 Å². The third-order valence-electron chi connectivity index (χ3n) is 1.16. The maximum absolute atomic E-state index is 10.7. The van der Waals surface area contributed by atoms with E-state index < -0.39 is 21.2 Å². The van der Waals surface area contributed by atoms with Crippen molar-refractivity contribution in [3.63, 3.8) is 0 Å². The van der Waals surface area contributed by atoms with Crippen LogP contribution in [0, 0.1) is 0 Å². The van der Waals surface area contributed by atoms with Crippen molar-refractivity contribution in [2.24, 2.45) is 0 Å². The van der Waals surface area contributed by atoms with Crippen LogP contribution in [0.1, 0.15) is 6.92 Å². The zero-order valence-corrected chi connectivity index (χ0v) is 10.8. The highest BCUT2D eigenvalue weighted by Crippen LogP contribution is 2.36. The second-order valence-corrected chi connectivity index (χ2v) is 5.46. The van der Waals surface area contributed by atoms with Crippen molar-refractivity contribution in [3.05, 3.63) is 11.6 Å². The van der Waals surface area contributed by atoms with Gasteiger partial charge in [0.05, 0.1) is 5.38 Å². The molecule has 0 rings (SSSR count). The molecule has 0 aliphatic rings. The Bertz CT molecular complexity index is 223. The van der Waals surface area contributed by atoms with Crippen LogP contribution in [0.4, 0.5) is 0 Å². The van der Waals surface area contributed by atoms with Crippen LogP contribution in [0.3, 0.4) is 0 Å². The van der Waals surface area contributed by atoms with Crippen LogP contribution in [0.5, 0.6) is 0 Å². The topological polar surface area (TPSA) is 26.3 Å². The van der Waals surface area contributed by atoms with Crippen molar-refractivity contribution in [1.82, 2.24) is 0 Å². The molecule has 0 amide bonds. The van der Waals surface area contributed by atoms with E-state index in [0.717, 1.165) is 5.54 Å². The molecule has 0 N–H and O–H groups in total. The normalized spacial score (nSPS) is 16.7. The van der Waals surface area contributed by atoms with Crippen LogP contribution >= 0.6 is 58.0 Å². The highest BCUT2D eigenvalue weighted by atomic mass is 35.6. The molecule has 0 heterocycles. The Morgan fingerprint density at radius 2 is 1.93 bits per heavy atom. The summed E-state index contributed by atoms with van der Waals surface area (Å²) in [6.45, 7) is 1.19. The van der Waals surface area contributed by atoms with Gasteiger partial charge in [-0.25, -0.2) is 0 Å². The van der Waals surface area contributed by atoms with Gasteiger partial charge in [-0.2, -0.15) is 0 Å². The summed E-state index contributed by atoms with van der Waals surface area (Å²) in [5.41, 5.74) is 1.16. The molecule has 0 spiro atoms. The second-order valence-electron chi connectivity index (χ2n) is 2.33. The summed E-state index contributed by atoms with van der Waals surface area (Å²) in [7, 11) is 0. The molecule has 0 fully saturated rings. The van der Waals surface area contributed by atoms with Gasteiger partial charge in [-0.3, -0.25) is 4.79 Å². The van der Waals surface area contributed by atoms with Crippen molar-refractivity contribution in [2.75, 3.05) is 0 Å². The summed E-state index contributed by atoms with van der Waals surface area (Å²) >= 11 is 27.8. The van der Waals surface area contributed by atoms with E-state index in [9.17, 15) is 4.79 Å². The summed E-state index contributed by atoms with van der Waals surface area (Å²) in [4.78, 5) is 10.7. The first-order chi connectivity index (χ1) is 6.29. The van der Waals surface area contributed by atoms with E-state index in [4.69, 9.17) is 62.7 Å². The molecule has 82 valence electrons. The molecule has 0 bridgehead atoms. The van der Waals surface area contributed by atoms with Gasteiger partial charge in [-0.15, -0.1) is 11.6 Å². The van der Waals surface area contributed by atoms with Crippen LogP contribution < -0.4 is 0 Å². The number of carbonyl (C=O) groups is 1. The molecule has 0 aliphatic heterocycles. The van der Waals surface area contributed by atoms with Crippen molar-refractivity contribution in [3.8, 4) is 0 Å². The maximum Gasteiger partial charge on any atom is 0.303 e. The van der Waals surface area contributed by atoms with Crippen molar-refractivity contribution in [2.45, 2.75) is 22.2 Å². The number of ether oxygens (including phenoxy) is 1. The molecule has 2 atom stereocenters. The Morgan fingerprint density at radius 3 is 2.21 bits per heavy atom. The van der Waals surface area contributed by atoms with E-state index in [1.54, 1.807) is 0 Å². The minimum Gasteiger partial charge on any atom is -0.456 e. The summed E-state index contributed by atoms with van der Waals surface area (Å²) in [6, 6.07) is 0. The highest BCUT2D eigenvalue weighted by molar-refractivity contribution is 6.68. The summed E-state index contributed by atoms with van der Waals surface area (Å²) in [5, 5.41) is -0.802. The zero-order chi connectivity index (χ0) is 11.4. The lowest BCUT2D eigenvalue weighted by atomic mass is 10.2. The number of halogens is 5. The number of rotatable bonds is 3. The predicted octanol–water partition coefficient (Wildman–Crippen LogP) is 3.65. The minimum atomic E-state index is -1.80. The number of hydrogen-bond acceptors (Lipinski definition) is 2. The van der Waals surface area contributed by atoms with E-state index in [0.29, 0.717) is 0 Å². The second kappa shape index (κ2) is 6.29. The van der Waals surface area contributed by atoms with E-state index in [2.05, 4.69) is 0 Å². The Balaban J connectivity index is 4.63. The quantitative estimate of drug-likeness (QED) is 0.587. The van der Waals surface area contributed by atoms with Crippen molar-refractivity contribution in [1.29, 1.82) is 0 Å². The van der Waals surface area contributed by atoms with Gasteiger partial charge in [0.15, 0.2) is 6.10 Å². The van der Waals surface area contributed by atoms with Crippen molar-refractivity contribution >= 4 is 64.0 Å². The SMILES string of the molecule is CC(=O)OC(C(Cl)C=CCl)C(Cl)(Cl)Cl. The molecule has 2 unspecified atom stereocenters. The molecule has 0 aliphatic carbocycles. The summed E-state index contributed by atoms with van der Waals surface area (Å²) < 4.78 is 2.96. The Labute approximate surface area is 107 Å². The van der Waals surface area contributed by atoms with Gasteiger partial charge >= 0.3 is 5.97 Å². The van der Waals surface area contributed by atoms with E-state index >= 15 is 0 Å². The van der Waals surface area contributed by atoms with Crippen LogP contribution in [0.15, 0.2) is 11.6 Å². The molecule has 0 saturated carbocycles. The number of alkyl halides is 4. The highest BCUT2D eigenvalue weighted by Gasteiger charge is 2.39. The first-order valence-corrected chi connectivity index (χ1v) is 5.44. The predicted molar refractivity (Wildman–Crippen MR) is 60.5 cm³/mol. The van der Waals surface area contributed by atoms with E-state index in [-0.39, 0.29) is 0 Å². The lowest BCUT2D eigenvalue weighted by Crippen LogP contribution is -2.37. The Kier molecular flexibility index (Phi) is 6.58. The summed E-state index contributed by atoms with van der Waals surface area (Å²) in [5.74, 6) is -0.588. The standard InChI is InChI=1S/C7H7Cl5O2/c1-4(13)14-6(7(10,11)12)5(9)2-3-8/h2-3,5-6H,1H3. The fourth-order valence-electron chi connectivity index (χ4n) is 0.662. The van der Waals surface area contributed by atoms with E-state index in [1.165, 1.54) is 13.0 Å². The van der Waals surface area contributed by atoms with Gasteiger partial charge in [0.2, 0.25) is 3.79 Å². The smallest absolute Gasteiger partial charge is 0.303 e. The average Bonchev–Trinajstić information content (AvgIpc) is 1.98. The van der Waals surface area contributed by atoms with Gasteiger partial charge in [-0.1, -0.05) is 52.5 Å². The third kappa shape index (κ3) is 5.52. The largest absolute Gasteiger partial charge is 0.456 e. The van der Waals surface area contributed by atoms with Crippen LogP contribution in [-0.4, -0.2) is 21.2 Å². The lowest BCUT2D eigenvalue weighted by Gasteiger charge is -2.26. The van der Waals surface area contributed by atoms with Crippen LogP contribution in [-0.2, 0) is 9.53 Å². The van der Waals surface area contributed by atoms with Gasteiger partial charge in [0, 0.05) is 12.5 Å². The average molecular weight is 300 g/mol. The maximum atomic E-state index is 10.7. The molecule has 2 nitrogen and oxygen atoms in total. The minimum absolute atomic E-state index is 0.588. The molecule has 0 radical (unpaired) electrons. The van der Waals surface area contributed by atoms with Crippen LogP contribution in [0.25, 0.3) is 0 Å². The van der Waals surface area contributed by atoms with E-state index in [1.807, 2.05) is 0 Å². The van der Waals surface area contributed by atoms with Crippen molar-refractivity contribution < 1.29 is 9.53 Å². The fraction of sp³-hybridized carbons (Fsp3) is 0.571. The number of esters is 1. The summed E-state index contributed by atoms with van der Waals surface area (Å²) in [6.07, 6.45) is 0.264. The molecular weight excluding hydrogens is 293 g/mol. The fourth-order valence-corrected chi connectivity index (χ4v) is 1.94. The zero-order valence-electron chi connectivity index (χ0n) is 7.02. The first-order valence-electron chi connectivity index (χ1n) is 3.44. The van der Waals surface area contributed by atoms with Crippen LogP contribution in [0.2, 0.25) is 0 Å². The van der Waals surface area contributed by atoms with Gasteiger partial charge < -0.3 is 4.74 Å². The monoisotopic (exact) mass is 298 g/mol. The molecule has 7 heteroatoms. The van der Waals surface area contributed by atoms with Gasteiger partial charge in [-0.05, 0) is 0 Å². The molecular formula is C7H7Cl5O2. The number of hydrogen-bond donors (Lipinski definition) is 0. The molecule has 0 aromatic carbocycles. The first kappa shape index (κ1) is 14.7. The lowest BCUT2D eigenvalue weighted by molar-refractivity contribution is -0.145. The molecule has 0 aromatic heterocycles. The number of carbonyl (C=O) groups excluding carboxylic acids is 1. The third-order valence-corrected chi connectivity index (χ3v) is 2.33. The van der Waals surface area contributed by atoms with Gasteiger partial charge in [0.25, 0.3) is 0 Å². The molecule has 0 saturated heterocycles. The Hall–Kier alpha value is 0.660. The molecule has 0 aromatic rings.